The van der Waals surface area contributed by atoms with E-state index in [0.717, 1.165) is 0 Å². The molecule has 0 fully saturated rings. The zero-order valence-electron chi connectivity index (χ0n) is 11.1. The van der Waals surface area contributed by atoms with Crippen LogP contribution in [0.1, 0.15) is 25.8 Å². The fraction of sp³-hybridized carbons (Fsp3) is 0.500. The molecule has 19 heavy (non-hydrogen) atoms. The third kappa shape index (κ3) is 4.24. The van der Waals surface area contributed by atoms with E-state index in [0.29, 0.717) is 16.5 Å². The molecule has 1 rings (SSSR count). The molecule has 108 valence electrons. The predicted octanol–water partition coefficient (Wildman–Crippen LogP) is 2.38. The van der Waals surface area contributed by atoms with E-state index in [1.54, 1.807) is 20.0 Å². The van der Waals surface area contributed by atoms with Crippen molar-refractivity contribution in [3.8, 4) is 0 Å². The molecule has 4 nitrogen and oxygen atoms in total. The van der Waals surface area contributed by atoms with Gasteiger partial charge in [0.05, 0.1) is 0 Å². The quantitative estimate of drug-likeness (QED) is 0.826. The Bertz CT molecular complexity index is 549. The standard InChI is InChI=1S/C12H18BrFN2O2S/c1-4-8(2)16-19(17,18)11-6-10(13)5-9(7-15-3)12(11)14/h5-6,8,15-16H,4,7H2,1-3H3. The molecule has 2 N–H and O–H groups in total. The molecule has 7 heteroatoms. The van der Waals surface area contributed by atoms with Crippen molar-refractivity contribution in [3.05, 3.63) is 28.0 Å². The summed E-state index contributed by atoms with van der Waals surface area (Å²) in [6.45, 7) is 3.86. The number of benzene rings is 1. The summed E-state index contributed by atoms with van der Waals surface area (Å²) in [5.74, 6) is -0.714. The van der Waals surface area contributed by atoms with Crippen molar-refractivity contribution in [2.45, 2.75) is 37.8 Å². The molecule has 1 aromatic rings. The van der Waals surface area contributed by atoms with Crippen LogP contribution in [0.15, 0.2) is 21.5 Å². The minimum Gasteiger partial charge on any atom is -0.316 e. The second-order valence-electron chi connectivity index (χ2n) is 4.34. The van der Waals surface area contributed by atoms with Crippen molar-refractivity contribution < 1.29 is 12.8 Å². The molecular weight excluding hydrogens is 335 g/mol. The first-order chi connectivity index (χ1) is 8.81. The first-order valence-electron chi connectivity index (χ1n) is 5.96. The third-order valence-corrected chi connectivity index (χ3v) is 4.75. The van der Waals surface area contributed by atoms with Crippen molar-refractivity contribution in [1.82, 2.24) is 10.0 Å². The van der Waals surface area contributed by atoms with Crippen LogP contribution < -0.4 is 10.0 Å². The molecular formula is C12H18BrFN2O2S. The Morgan fingerprint density at radius 3 is 2.58 bits per heavy atom. The number of hydrogen-bond donors (Lipinski definition) is 2. The molecule has 0 aromatic heterocycles. The van der Waals surface area contributed by atoms with Crippen LogP contribution in [0.2, 0.25) is 0 Å². The normalized spacial score (nSPS) is 13.5. The SMILES string of the molecule is CCC(C)NS(=O)(=O)c1cc(Br)cc(CNC)c1F. The van der Waals surface area contributed by atoms with E-state index in [9.17, 15) is 12.8 Å². The lowest BCUT2D eigenvalue weighted by Gasteiger charge is -2.14. The van der Waals surface area contributed by atoms with Crippen LogP contribution in [-0.4, -0.2) is 21.5 Å². The summed E-state index contributed by atoms with van der Waals surface area (Å²) in [5, 5.41) is 2.81. The maximum Gasteiger partial charge on any atom is 0.243 e. The second-order valence-corrected chi connectivity index (χ2v) is 6.94. The molecule has 0 saturated heterocycles. The summed E-state index contributed by atoms with van der Waals surface area (Å²) in [6.07, 6.45) is 0.637. The van der Waals surface area contributed by atoms with Gasteiger partial charge in [-0.05, 0) is 32.5 Å². The van der Waals surface area contributed by atoms with E-state index in [1.807, 2.05) is 6.92 Å². The Morgan fingerprint density at radius 2 is 2.05 bits per heavy atom. The monoisotopic (exact) mass is 352 g/mol. The fourth-order valence-electron chi connectivity index (χ4n) is 1.54. The van der Waals surface area contributed by atoms with Crippen LogP contribution in [0.4, 0.5) is 4.39 Å². The Kier molecular flexibility index (Phi) is 5.91. The van der Waals surface area contributed by atoms with E-state index in [-0.39, 0.29) is 17.5 Å². The van der Waals surface area contributed by atoms with Gasteiger partial charge in [0.2, 0.25) is 10.0 Å². The lowest BCUT2D eigenvalue weighted by atomic mass is 10.2. The van der Waals surface area contributed by atoms with Gasteiger partial charge in [-0.25, -0.2) is 17.5 Å². The number of sulfonamides is 1. The minimum absolute atomic E-state index is 0.240. The Hall–Kier alpha value is -0.500. The van der Waals surface area contributed by atoms with Gasteiger partial charge >= 0.3 is 0 Å². The molecule has 0 aliphatic heterocycles. The lowest BCUT2D eigenvalue weighted by Crippen LogP contribution is -2.32. The van der Waals surface area contributed by atoms with E-state index in [2.05, 4.69) is 26.0 Å². The van der Waals surface area contributed by atoms with Crippen molar-refractivity contribution >= 4 is 26.0 Å². The molecule has 0 radical (unpaired) electrons. The van der Waals surface area contributed by atoms with Gasteiger partial charge in [0.1, 0.15) is 10.7 Å². The van der Waals surface area contributed by atoms with Gasteiger partial charge in [-0.2, -0.15) is 0 Å². The van der Waals surface area contributed by atoms with Crippen LogP contribution in [0.25, 0.3) is 0 Å². The first-order valence-corrected chi connectivity index (χ1v) is 8.24. The molecule has 0 aliphatic rings. The zero-order chi connectivity index (χ0) is 14.6. The van der Waals surface area contributed by atoms with Gasteiger partial charge < -0.3 is 5.32 Å². The van der Waals surface area contributed by atoms with Gasteiger partial charge in [-0.15, -0.1) is 0 Å². The topological polar surface area (TPSA) is 58.2 Å². The summed E-state index contributed by atoms with van der Waals surface area (Å²) in [7, 11) is -2.18. The average Bonchev–Trinajstić information content (AvgIpc) is 2.32. The number of halogens is 2. The summed E-state index contributed by atoms with van der Waals surface area (Å²) >= 11 is 3.21. The van der Waals surface area contributed by atoms with Gasteiger partial charge in [0.15, 0.2) is 0 Å². The molecule has 1 aromatic carbocycles. The molecule has 1 unspecified atom stereocenters. The van der Waals surface area contributed by atoms with Crippen LogP contribution >= 0.6 is 15.9 Å². The maximum absolute atomic E-state index is 14.2. The molecule has 0 bridgehead atoms. The summed E-state index contributed by atoms with van der Waals surface area (Å²) in [5.41, 5.74) is 0.307. The molecule has 0 heterocycles. The molecule has 0 amide bonds. The van der Waals surface area contributed by atoms with Gasteiger partial charge in [0.25, 0.3) is 0 Å². The highest BCUT2D eigenvalue weighted by molar-refractivity contribution is 9.10. The third-order valence-electron chi connectivity index (χ3n) is 2.70. The number of hydrogen-bond acceptors (Lipinski definition) is 3. The smallest absolute Gasteiger partial charge is 0.243 e. The molecule has 1 atom stereocenters. The molecule has 0 spiro atoms. The number of rotatable bonds is 6. The number of nitrogens with one attached hydrogen (secondary N) is 2. The lowest BCUT2D eigenvalue weighted by molar-refractivity contribution is 0.532. The highest BCUT2D eigenvalue weighted by Crippen LogP contribution is 2.24. The highest BCUT2D eigenvalue weighted by atomic mass is 79.9. The first kappa shape index (κ1) is 16.6. The van der Waals surface area contributed by atoms with E-state index in [4.69, 9.17) is 0 Å². The summed E-state index contributed by atoms with van der Waals surface area (Å²) in [6, 6.07) is 2.60. The van der Waals surface area contributed by atoms with Gasteiger partial charge in [0, 0.05) is 22.6 Å². The highest BCUT2D eigenvalue weighted by Gasteiger charge is 2.23. The van der Waals surface area contributed by atoms with E-state index >= 15 is 0 Å². The van der Waals surface area contributed by atoms with E-state index in [1.165, 1.54) is 6.07 Å². The molecule has 0 saturated carbocycles. The Balaban J connectivity index is 3.26. The Labute approximate surface area is 122 Å². The van der Waals surface area contributed by atoms with Crippen LogP contribution in [0.5, 0.6) is 0 Å². The molecule has 0 aliphatic carbocycles. The Morgan fingerprint density at radius 1 is 1.42 bits per heavy atom. The van der Waals surface area contributed by atoms with Crippen LogP contribution in [0, 0.1) is 5.82 Å². The van der Waals surface area contributed by atoms with Crippen LogP contribution in [-0.2, 0) is 16.6 Å². The maximum atomic E-state index is 14.2. The minimum atomic E-state index is -3.85. The van der Waals surface area contributed by atoms with Crippen molar-refractivity contribution in [2.24, 2.45) is 0 Å². The average molecular weight is 353 g/mol. The van der Waals surface area contributed by atoms with Gasteiger partial charge in [-0.3, -0.25) is 0 Å². The van der Waals surface area contributed by atoms with Crippen molar-refractivity contribution in [2.75, 3.05) is 7.05 Å². The second kappa shape index (κ2) is 6.78. The van der Waals surface area contributed by atoms with Crippen LogP contribution in [0.3, 0.4) is 0 Å². The fourth-order valence-corrected chi connectivity index (χ4v) is 3.67. The summed E-state index contributed by atoms with van der Waals surface area (Å²) in [4.78, 5) is -0.326. The largest absolute Gasteiger partial charge is 0.316 e. The zero-order valence-corrected chi connectivity index (χ0v) is 13.5. The van der Waals surface area contributed by atoms with Crippen molar-refractivity contribution in [1.29, 1.82) is 0 Å². The van der Waals surface area contributed by atoms with Gasteiger partial charge in [-0.1, -0.05) is 22.9 Å². The predicted molar refractivity (Wildman–Crippen MR) is 76.9 cm³/mol. The van der Waals surface area contributed by atoms with Crippen molar-refractivity contribution in [3.63, 3.8) is 0 Å². The van der Waals surface area contributed by atoms with E-state index < -0.39 is 15.8 Å². The summed E-state index contributed by atoms with van der Waals surface area (Å²) < 4.78 is 41.5.